The van der Waals surface area contributed by atoms with Crippen LogP contribution in [0.3, 0.4) is 0 Å². The molecule has 0 bridgehead atoms. The van der Waals surface area contributed by atoms with Gasteiger partial charge in [-0.2, -0.15) is 13.2 Å². The summed E-state index contributed by atoms with van der Waals surface area (Å²) in [4.78, 5) is 42.9. The summed E-state index contributed by atoms with van der Waals surface area (Å²) in [6.07, 6.45) is -0.188. The van der Waals surface area contributed by atoms with Gasteiger partial charge in [-0.1, -0.05) is 11.6 Å². The average Bonchev–Trinajstić information content (AvgIpc) is 3.52. The molecule has 1 atom stereocenters. The highest BCUT2D eigenvalue weighted by molar-refractivity contribution is 7.08. The molecule has 0 aliphatic carbocycles. The van der Waals surface area contributed by atoms with Gasteiger partial charge in [0.25, 0.3) is 0 Å². The van der Waals surface area contributed by atoms with Gasteiger partial charge in [-0.15, -0.1) is 11.3 Å². The zero-order valence-electron chi connectivity index (χ0n) is 25.4. The second-order valence-electron chi connectivity index (χ2n) is 11.8. The predicted molar refractivity (Wildman–Crippen MR) is 176 cm³/mol. The molecule has 11 nitrogen and oxygen atoms in total. The van der Waals surface area contributed by atoms with Crippen molar-refractivity contribution in [3.63, 3.8) is 0 Å². The molecule has 2 saturated heterocycles. The molecule has 16 heteroatoms. The number of aliphatic imine (C=N–C) groups is 1. The van der Waals surface area contributed by atoms with Gasteiger partial charge in [0.05, 0.1) is 28.5 Å². The van der Waals surface area contributed by atoms with Gasteiger partial charge in [-0.05, 0) is 48.1 Å². The fraction of sp³-hybridized carbons (Fsp3) is 0.419. The van der Waals surface area contributed by atoms with Crippen molar-refractivity contribution in [2.45, 2.75) is 44.1 Å². The van der Waals surface area contributed by atoms with Crippen LogP contribution in [0.5, 0.6) is 0 Å². The first-order valence-electron chi connectivity index (χ1n) is 15.3. The number of likely N-dealkylation sites (tertiary alicyclic amines) is 1. The molecule has 3 aromatic rings. The molecule has 47 heavy (non-hydrogen) atoms. The van der Waals surface area contributed by atoms with Crippen LogP contribution in [-0.4, -0.2) is 88.9 Å². The summed E-state index contributed by atoms with van der Waals surface area (Å²) in [6.45, 7) is 3.47. The van der Waals surface area contributed by atoms with Crippen molar-refractivity contribution < 1.29 is 22.8 Å². The fourth-order valence-corrected chi connectivity index (χ4v) is 7.35. The van der Waals surface area contributed by atoms with Crippen LogP contribution in [0.2, 0.25) is 5.02 Å². The number of piperazine rings is 1. The maximum absolute atomic E-state index is 14.0. The number of amides is 3. The molecular formula is C31H35ClF3N9O2S. The van der Waals surface area contributed by atoms with E-state index < -0.39 is 23.5 Å². The van der Waals surface area contributed by atoms with E-state index >= 15 is 0 Å². The first-order valence-corrected chi connectivity index (χ1v) is 16.6. The number of nitrogens with one attached hydrogen (secondary N) is 1. The van der Waals surface area contributed by atoms with E-state index in [1.54, 1.807) is 28.6 Å². The van der Waals surface area contributed by atoms with Gasteiger partial charge >= 0.3 is 12.2 Å². The van der Waals surface area contributed by atoms with Crippen LogP contribution in [0, 0.1) is 0 Å². The summed E-state index contributed by atoms with van der Waals surface area (Å²) in [5.74, 6) is -0.215. The van der Waals surface area contributed by atoms with Crippen LogP contribution in [0.4, 0.5) is 35.0 Å². The van der Waals surface area contributed by atoms with E-state index in [1.165, 1.54) is 6.07 Å². The van der Waals surface area contributed by atoms with Crippen LogP contribution in [0.25, 0.3) is 0 Å². The van der Waals surface area contributed by atoms with Crippen molar-refractivity contribution in [3.05, 3.63) is 69.1 Å². The van der Waals surface area contributed by atoms with Gasteiger partial charge in [0.1, 0.15) is 6.04 Å². The average molecular weight is 690 g/mol. The number of carbonyl (C=O) groups is 2. The number of aromatic nitrogens is 1. The smallest absolute Gasteiger partial charge is 0.397 e. The minimum Gasteiger partial charge on any atom is -0.397 e. The second kappa shape index (κ2) is 13.5. The molecule has 250 valence electrons. The Morgan fingerprint density at radius 3 is 2.47 bits per heavy atom. The van der Waals surface area contributed by atoms with Crippen molar-refractivity contribution in [2.75, 3.05) is 55.2 Å². The van der Waals surface area contributed by atoms with E-state index in [9.17, 15) is 22.8 Å². The number of carbonyl (C=O) groups excluding carboxylic acids is 2. The second-order valence-corrected chi connectivity index (χ2v) is 13.0. The number of halogens is 4. The van der Waals surface area contributed by atoms with Crippen LogP contribution < -0.4 is 21.7 Å². The van der Waals surface area contributed by atoms with E-state index in [2.05, 4.69) is 20.2 Å². The van der Waals surface area contributed by atoms with Gasteiger partial charge in [0.15, 0.2) is 5.96 Å². The Bertz CT molecular complexity index is 1640. The maximum Gasteiger partial charge on any atom is 0.418 e. The number of alkyl halides is 3. The number of thiophene rings is 1. The van der Waals surface area contributed by atoms with Crippen LogP contribution in [-0.2, 0) is 23.9 Å². The summed E-state index contributed by atoms with van der Waals surface area (Å²) in [7, 11) is 0. The largest absolute Gasteiger partial charge is 0.418 e. The summed E-state index contributed by atoms with van der Waals surface area (Å²) in [5.41, 5.74) is 13.6. The van der Waals surface area contributed by atoms with Crippen LogP contribution in [0.1, 0.15) is 29.5 Å². The Labute approximate surface area is 279 Å². The van der Waals surface area contributed by atoms with E-state index in [1.807, 2.05) is 32.7 Å². The predicted octanol–water partition coefficient (Wildman–Crippen LogP) is 4.48. The van der Waals surface area contributed by atoms with E-state index in [0.29, 0.717) is 58.7 Å². The van der Waals surface area contributed by atoms with Gasteiger partial charge in [0, 0.05) is 80.8 Å². The Morgan fingerprint density at radius 2 is 1.79 bits per heavy atom. The molecule has 0 radical (unpaired) electrons. The normalized spacial score (nSPS) is 18.6. The zero-order chi connectivity index (χ0) is 33.3. The molecule has 3 aliphatic rings. The monoisotopic (exact) mass is 689 g/mol. The summed E-state index contributed by atoms with van der Waals surface area (Å²) in [6, 6.07) is 4.83. The minimum atomic E-state index is -4.73. The molecule has 0 spiro atoms. The first-order chi connectivity index (χ1) is 22.5. The highest BCUT2D eigenvalue weighted by atomic mass is 35.5. The molecule has 5 N–H and O–H groups in total. The summed E-state index contributed by atoms with van der Waals surface area (Å²) >= 11 is 7.66. The third-order valence-electron chi connectivity index (χ3n) is 8.93. The van der Waals surface area contributed by atoms with Crippen molar-refractivity contribution in [2.24, 2.45) is 10.7 Å². The lowest BCUT2D eigenvalue weighted by atomic mass is 10.0. The van der Waals surface area contributed by atoms with Crippen LogP contribution >= 0.6 is 22.9 Å². The third-order valence-corrected chi connectivity index (χ3v) is 10.0. The molecule has 2 fully saturated rings. The van der Waals surface area contributed by atoms with Crippen molar-refractivity contribution in [1.82, 2.24) is 19.7 Å². The number of nitrogens with two attached hydrogens (primary N) is 2. The summed E-state index contributed by atoms with van der Waals surface area (Å²) in [5, 5.41) is 6.65. The number of guanidine groups is 1. The molecule has 3 amide bonds. The number of hydrogen-bond donors (Lipinski definition) is 3. The fourth-order valence-electron chi connectivity index (χ4n) is 6.33. The lowest BCUT2D eigenvalue weighted by Crippen LogP contribution is -2.53. The van der Waals surface area contributed by atoms with Gasteiger partial charge < -0.3 is 36.4 Å². The molecule has 5 heterocycles. The van der Waals surface area contributed by atoms with Crippen LogP contribution in [0.15, 0.2) is 52.4 Å². The van der Waals surface area contributed by atoms with Gasteiger partial charge in [-0.3, -0.25) is 9.78 Å². The van der Waals surface area contributed by atoms with E-state index in [4.69, 9.17) is 23.1 Å². The lowest BCUT2D eigenvalue weighted by molar-refractivity contribution is -0.137. The van der Waals surface area contributed by atoms with Crippen molar-refractivity contribution in [3.8, 4) is 0 Å². The molecule has 1 aromatic carbocycles. The third kappa shape index (κ3) is 7.20. The van der Waals surface area contributed by atoms with Gasteiger partial charge in [0.2, 0.25) is 5.91 Å². The SMILES string of the molecule is NC(=N[C@H](Cc1cc(Cl)c(N)c(C(F)(F)F)c1)C(=O)N1CCN(c2ccncc2)CC1)N1CCC(N2Cc3cscc3NC2=O)CC1. The molecule has 2 aromatic heterocycles. The topological polar surface area (TPSA) is 136 Å². The highest BCUT2D eigenvalue weighted by Gasteiger charge is 2.36. The summed E-state index contributed by atoms with van der Waals surface area (Å²) < 4.78 is 41.3. The van der Waals surface area contributed by atoms with E-state index in [-0.39, 0.29) is 40.9 Å². The molecule has 0 unspecified atom stereocenters. The number of benzene rings is 1. The Kier molecular flexibility index (Phi) is 9.37. The number of piperidine rings is 1. The number of pyridine rings is 1. The first kappa shape index (κ1) is 32.7. The minimum absolute atomic E-state index is 0.000991. The number of hydrogen-bond acceptors (Lipinski definition) is 7. The highest BCUT2D eigenvalue weighted by Crippen LogP contribution is 2.38. The quantitative estimate of drug-likeness (QED) is 0.197. The molecule has 3 aliphatic heterocycles. The number of anilines is 3. The number of rotatable bonds is 6. The Balaban J connectivity index is 1.18. The number of nitrogen functional groups attached to an aromatic ring is 1. The van der Waals surface area contributed by atoms with Crippen molar-refractivity contribution in [1.29, 1.82) is 0 Å². The van der Waals surface area contributed by atoms with E-state index in [0.717, 1.165) is 23.0 Å². The molecule has 0 saturated carbocycles. The van der Waals surface area contributed by atoms with Crippen molar-refractivity contribution >= 4 is 57.9 Å². The number of fused-ring (bicyclic) bond motifs is 1. The number of nitrogens with zero attached hydrogens (tertiary/aromatic N) is 6. The Morgan fingerprint density at radius 1 is 1.09 bits per heavy atom. The lowest BCUT2D eigenvalue weighted by Gasteiger charge is -2.40. The zero-order valence-corrected chi connectivity index (χ0v) is 27.0. The van der Waals surface area contributed by atoms with Gasteiger partial charge in [-0.25, -0.2) is 9.79 Å². The standard InChI is InChI=1S/C31H35ClF3N9O2S/c32-24-14-19(13-23(27(24)36)31(33,34)35)15-25(28(45)42-11-9-41(10-12-42)21-1-5-38-6-2-21)39-29(37)43-7-3-22(4-8-43)44-16-20-17-47-18-26(20)40-30(44)46/h1-2,5-6,13-14,17-18,22,25H,3-4,7-12,15-16,36H2,(H2,37,39)(H,40,46)/t25-/m1/s1. The molecular weight excluding hydrogens is 655 g/mol. The maximum atomic E-state index is 14.0. The molecule has 6 rings (SSSR count). The number of urea groups is 1. The Hall–Kier alpha value is -4.24.